The van der Waals surface area contributed by atoms with Crippen molar-refractivity contribution in [1.82, 2.24) is 19.5 Å². The zero-order valence-electron chi connectivity index (χ0n) is 13.5. The van der Waals surface area contributed by atoms with Crippen molar-refractivity contribution in [3.05, 3.63) is 18.5 Å². The number of fused-ring (bicyclic) bond motifs is 1. The molecule has 2 aromatic heterocycles. The van der Waals surface area contributed by atoms with Gasteiger partial charge in [0.15, 0.2) is 17.0 Å². The molecule has 0 aromatic carbocycles. The Labute approximate surface area is 145 Å². The van der Waals surface area contributed by atoms with Crippen LogP contribution in [-0.4, -0.2) is 44.3 Å². The van der Waals surface area contributed by atoms with Crippen LogP contribution >= 0.6 is 0 Å². The van der Waals surface area contributed by atoms with E-state index in [0.717, 1.165) is 19.3 Å². The van der Waals surface area contributed by atoms with Gasteiger partial charge in [-0.05, 0) is 31.6 Å². The molecule has 0 unspecified atom stereocenters. The number of anilines is 2. The SMILES string of the molecule is Nc1nc(NC2CC2)c2ncn([C@H]3C=C[C@H](CCS(=O)(=O)O)C3)c2n1. The Hall–Kier alpha value is -2.20. The maximum absolute atomic E-state index is 10.9. The van der Waals surface area contributed by atoms with E-state index in [2.05, 4.69) is 20.3 Å². The Morgan fingerprint density at radius 2 is 2.12 bits per heavy atom. The molecule has 10 heteroatoms. The lowest BCUT2D eigenvalue weighted by molar-refractivity contribution is 0.463. The van der Waals surface area contributed by atoms with E-state index in [1.165, 1.54) is 0 Å². The van der Waals surface area contributed by atoms with Crippen LogP contribution in [0.1, 0.15) is 31.7 Å². The summed E-state index contributed by atoms with van der Waals surface area (Å²) in [5.74, 6) is 0.716. The second-order valence-corrected chi connectivity index (χ2v) is 8.27. The number of nitrogens with two attached hydrogens (primary N) is 1. The van der Waals surface area contributed by atoms with Crippen molar-refractivity contribution in [3.63, 3.8) is 0 Å². The largest absolute Gasteiger partial charge is 0.368 e. The average Bonchev–Trinajstić information content (AvgIpc) is 3.06. The van der Waals surface area contributed by atoms with Gasteiger partial charge in [-0.1, -0.05) is 12.2 Å². The van der Waals surface area contributed by atoms with E-state index < -0.39 is 10.1 Å². The van der Waals surface area contributed by atoms with Gasteiger partial charge in [0.05, 0.1) is 18.1 Å². The third kappa shape index (κ3) is 3.59. The normalized spacial score (nSPS) is 23.4. The molecule has 1 saturated carbocycles. The molecule has 4 N–H and O–H groups in total. The first kappa shape index (κ1) is 16.3. The van der Waals surface area contributed by atoms with Crippen molar-refractivity contribution in [2.24, 2.45) is 5.92 Å². The average molecular weight is 364 g/mol. The summed E-state index contributed by atoms with van der Waals surface area (Å²) in [6.45, 7) is 0. The summed E-state index contributed by atoms with van der Waals surface area (Å²) in [5.41, 5.74) is 7.21. The van der Waals surface area contributed by atoms with Crippen LogP contribution in [0.15, 0.2) is 18.5 Å². The van der Waals surface area contributed by atoms with Crippen LogP contribution in [-0.2, 0) is 10.1 Å². The van der Waals surface area contributed by atoms with E-state index in [9.17, 15) is 8.42 Å². The smallest absolute Gasteiger partial charge is 0.264 e. The molecule has 134 valence electrons. The van der Waals surface area contributed by atoms with Gasteiger partial charge in [0.2, 0.25) is 5.95 Å². The predicted octanol–water partition coefficient (Wildman–Crippen LogP) is 1.38. The molecule has 2 aromatic rings. The lowest BCUT2D eigenvalue weighted by Crippen LogP contribution is -2.11. The van der Waals surface area contributed by atoms with E-state index in [-0.39, 0.29) is 23.7 Å². The molecular weight excluding hydrogens is 344 g/mol. The summed E-state index contributed by atoms with van der Waals surface area (Å²) in [6, 6.07) is 0.457. The predicted molar refractivity (Wildman–Crippen MR) is 93.7 cm³/mol. The third-order valence-electron chi connectivity index (χ3n) is 4.61. The molecule has 0 saturated heterocycles. The molecule has 2 aliphatic rings. The molecule has 0 radical (unpaired) electrons. The highest BCUT2D eigenvalue weighted by Gasteiger charge is 2.26. The topological polar surface area (TPSA) is 136 Å². The first-order chi connectivity index (χ1) is 11.9. The number of hydrogen-bond donors (Lipinski definition) is 3. The van der Waals surface area contributed by atoms with E-state index in [1.54, 1.807) is 6.33 Å². The quantitative estimate of drug-likeness (QED) is 0.516. The van der Waals surface area contributed by atoms with Crippen molar-refractivity contribution in [1.29, 1.82) is 0 Å². The van der Waals surface area contributed by atoms with Crippen LogP contribution in [0.2, 0.25) is 0 Å². The van der Waals surface area contributed by atoms with Crippen molar-refractivity contribution >= 4 is 33.0 Å². The van der Waals surface area contributed by atoms with Gasteiger partial charge in [-0.3, -0.25) is 4.55 Å². The van der Waals surface area contributed by atoms with Crippen molar-refractivity contribution in [2.45, 2.75) is 37.8 Å². The number of nitrogens with zero attached hydrogens (tertiary/aromatic N) is 4. The van der Waals surface area contributed by atoms with Crippen molar-refractivity contribution < 1.29 is 13.0 Å². The molecule has 0 amide bonds. The molecule has 0 aliphatic heterocycles. The fourth-order valence-corrected chi connectivity index (χ4v) is 3.77. The van der Waals surface area contributed by atoms with Crippen LogP contribution in [0, 0.1) is 5.92 Å². The molecule has 2 heterocycles. The van der Waals surface area contributed by atoms with Crippen molar-refractivity contribution in [2.75, 3.05) is 16.8 Å². The van der Waals surface area contributed by atoms with Gasteiger partial charge >= 0.3 is 0 Å². The van der Waals surface area contributed by atoms with E-state index in [1.807, 2.05) is 16.7 Å². The number of allylic oxidation sites excluding steroid dienone is 2. The number of aromatic nitrogens is 4. The van der Waals surface area contributed by atoms with Gasteiger partial charge in [0, 0.05) is 6.04 Å². The number of nitrogens with one attached hydrogen (secondary N) is 1. The molecule has 9 nitrogen and oxygen atoms in total. The fourth-order valence-electron chi connectivity index (χ4n) is 3.17. The molecule has 0 spiro atoms. The fraction of sp³-hybridized carbons (Fsp3) is 0.533. The molecule has 4 rings (SSSR count). The first-order valence-corrected chi connectivity index (χ1v) is 9.90. The Balaban J connectivity index is 1.56. The monoisotopic (exact) mass is 364 g/mol. The molecule has 1 fully saturated rings. The molecule has 2 atom stereocenters. The minimum Gasteiger partial charge on any atom is -0.368 e. The lowest BCUT2D eigenvalue weighted by atomic mass is 10.1. The summed E-state index contributed by atoms with van der Waals surface area (Å²) in [4.78, 5) is 13.0. The minimum absolute atomic E-state index is 0.0273. The number of nitrogen functional groups attached to an aromatic ring is 1. The highest BCUT2D eigenvalue weighted by Crippen LogP contribution is 2.34. The number of hydrogen-bond acceptors (Lipinski definition) is 7. The Bertz CT molecular complexity index is 934. The van der Waals surface area contributed by atoms with E-state index in [4.69, 9.17) is 10.3 Å². The van der Waals surface area contributed by atoms with E-state index in [0.29, 0.717) is 29.4 Å². The standard InChI is InChI=1S/C15H20N6O3S/c16-15-19-13(18-10-2-3-10)12-14(20-15)21(8-17-12)11-4-1-9(7-11)5-6-25(22,23)24/h1,4,8-11H,2-3,5-7H2,(H,22,23,24)(H3,16,18,19,20)/t9-,11+/m1/s1. The number of rotatable bonds is 6. The van der Waals surface area contributed by atoms with Crippen LogP contribution < -0.4 is 11.1 Å². The first-order valence-electron chi connectivity index (χ1n) is 8.29. The molecule has 0 bridgehead atoms. The number of imidazole rings is 1. The minimum atomic E-state index is -3.93. The summed E-state index contributed by atoms with van der Waals surface area (Å²) < 4.78 is 32.7. The maximum Gasteiger partial charge on any atom is 0.264 e. The summed E-state index contributed by atoms with van der Waals surface area (Å²) in [7, 11) is -3.93. The summed E-state index contributed by atoms with van der Waals surface area (Å²) in [6.07, 6.45) is 9.08. The third-order valence-corrected chi connectivity index (χ3v) is 5.36. The Morgan fingerprint density at radius 1 is 1.32 bits per heavy atom. The maximum atomic E-state index is 10.9. The zero-order valence-corrected chi connectivity index (χ0v) is 14.4. The zero-order chi connectivity index (χ0) is 17.6. The van der Waals surface area contributed by atoms with Gasteiger partial charge in [0.25, 0.3) is 10.1 Å². The van der Waals surface area contributed by atoms with Crippen LogP contribution in [0.3, 0.4) is 0 Å². The van der Waals surface area contributed by atoms with Gasteiger partial charge in [-0.15, -0.1) is 0 Å². The van der Waals surface area contributed by atoms with E-state index >= 15 is 0 Å². The molecule has 2 aliphatic carbocycles. The molecule has 25 heavy (non-hydrogen) atoms. The van der Waals surface area contributed by atoms with Gasteiger partial charge in [0.1, 0.15) is 0 Å². The van der Waals surface area contributed by atoms with Gasteiger partial charge in [-0.2, -0.15) is 18.4 Å². The lowest BCUT2D eigenvalue weighted by Gasteiger charge is -2.14. The summed E-state index contributed by atoms with van der Waals surface area (Å²) in [5, 5.41) is 3.33. The Morgan fingerprint density at radius 3 is 2.84 bits per heavy atom. The second-order valence-electron chi connectivity index (χ2n) is 6.70. The highest BCUT2D eigenvalue weighted by molar-refractivity contribution is 7.85. The van der Waals surface area contributed by atoms with Gasteiger partial charge in [-0.25, -0.2) is 4.98 Å². The molecular formula is C15H20N6O3S. The van der Waals surface area contributed by atoms with Crippen LogP contribution in [0.25, 0.3) is 11.2 Å². The highest BCUT2D eigenvalue weighted by atomic mass is 32.2. The van der Waals surface area contributed by atoms with Crippen LogP contribution in [0.5, 0.6) is 0 Å². The second kappa shape index (κ2) is 5.95. The van der Waals surface area contributed by atoms with Crippen molar-refractivity contribution in [3.8, 4) is 0 Å². The Kier molecular flexibility index (Phi) is 3.88. The summed E-state index contributed by atoms with van der Waals surface area (Å²) >= 11 is 0. The van der Waals surface area contributed by atoms with Gasteiger partial charge < -0.3 is 15.6 Å². The van der Waals surface area contributed by atoms with Crippen LogP contribution in [0.4, 0.5) is 11.8 Å².